The van der Waals surface area contributed by atoms with E-state index in [0.717, 1.165) is 22.6 Å². The van der Waals surface area contributed by atoms with Crippen molar-refractivity contribution >= 4 is 17.7 Å². The van der Waals surface area contributed by atoms with Crippen LogP contribution in [0.3, 0.4) is 0 Å². The van der Waals surface area contributed by atoms with Gasteiger partial charge in [0, 0.05) is 23.0 Å². The fourth-order valence-electron chi connectivity index (χ4n) is 2.44. The molecule has 2 atom stereocenters. The van der Waals surface area contributed by atoms with Crippen molar-refractivity contribution in [2.24, 2.45) is 0 Å². The van der Waals surface area contributed by atoms with E-state index in [1.54, 1.807) is 47.9 Å². The Morgan fingerprint density at radius 3 is 3.19 bits per heavy atom. The van der Waals surface area contributed by atoms with E-state index < -0.39 is 0 Å². The van der Waals surface area contributed by atoms with E-state index in [9.17, 15) is 9.18 Å². The molecular weight excluding hydrogens is 289 g/mol. The molecule has 0 radical (unpaired) electrons. The standard InChI is InChI=1S/C15H16FN3OS/c1-10(19-7-2-6-17-19)15(20)18-13-5-8-21-14-4-3-11(16)9-12(13)14/h2-4,6-7,9-10,13H,5,8H2,1H3,(H,18,20). The molecule has 3 rings (SSSR count). The van der Waals surface area contributed by atoms with E-state index in [1.165, 1.54) is 12.1 Å². The van der Waals surface area contributed by atoms with Crippen molar-refractivity contribution in [3.63, 3.8) is 0 Å². The molecule has 1 aromatic carbocycles. The summed E-state index contributed by atoms with van der Waals surface area (Å²) in [6, 6.07) is 6.03. The molecule has 0 bridgehead atoms. The van der Waals surface area contributed by atoms with E-state index in [0.29, 0.717) is 0 Å². The minimum Gasteiger partial charge on any atom is -0.347 e. The number of nitrogens with one attached hydrogen (secondary N) is 1. The summed E-state index contributed by atoms with van der Waals surface area (Å²) in [6.07, 6.45) is 4.21. The highest BCUT2D eigenvalue weighted by Crippen LogP contribution is 2.36. The first-order valence-electron chi connectivity index (χ1n) is 6.87. The van der Waals surface area contributed by atoms with Gasteiger partial charge in [-0.1, -0.05) is 0 Å². The SMILES string of the molecule is CC(C(=O)NC1CCSc2ccc(F)cc21)n1cccn1. The second-order valence-corrected chi connectivity index (χ2v) is 6.18. The molecule has 2 aromatic rings. The molecule has 0 saturated carbocycles. The van der Waals surface area contributed by atoms with E-state index >= 15 is 0 Å². The third-order valence-electron chi connectivity index (χ3n) is 3.63. The molecular formula is C15H16FN3OS. The second-order valence-electron chi connectivity index (χ2n) is 5.04. The summed E-state index contributed by atoms with van der Waals surface area (Å²) < 4.78 is 15.1. The van der Waals surface area contributed by atoms with Crippen LogP contribution in [0, 0.1) is 5.82 Å². The van der Waals surface area contributed by atoms with Crippen LogP contribution in [-0.2, 0) is 4.79 Å². The smallest absolute Gasteiger partial charge is 0.245 e. The molecule has 1 aliphatic heterocycles. The van der Waals surface area contributed by atoms with Crippen molar-refractivity contribution in [3.8, 4) is 0 Å². The molecule has 1 amide bonds. The van der Waals surface area contributed by atoms with Crippen LogP contribution in [0.5, 0.6) is 0 Å². The number of amides is 1. The van der Waals surface area contributed by atoms with Crippen molar-refractivity contribution in [1.29, 1.82) is 0 Å². The van der Waals surface area contributed by atoms with Gasteiger partial charge in [-0.2, -0.15) is 5.10 Å². The number of hydrogen-bond donors (Lipinski definition) is 1. The lowest BCUT2D eigenvalue weighted by Crippen LogP contribution is -2.35. The predicted octanol–water partition coefficient (Wildman–Crippen LogP) is 2.94. The van der Waals surface area contributed by atoms with Crippen LogP contribution in [0.1, 0.15) is 31.0 Å². The second kappa shape index (κ2) is 5.89. The van der Waals surface area contributed by atoms with E-state index in [-0.39, 0.29) is 23.8 Å². The molecule has 6 heteroatoms. The van der Waals surface area contributed by atoms with Crippen molar-refractivity contribution in [2.75, 3.05) is 5.75 Å². The van der Waals surface area contributed by atoms with Crippen LogP contribution >= 0.6 is 11.8 Å². The van der Waals surface area contributed by atoms with Gasteiger partial charge in [0.1, 0.15) is 11.9 Å². The van der Waals surface area contributed by atoms with Crippen LogP contribution in [-0.4, -0.2) is 21.4 Å². The van der Waals surface area contributed by atoms with Crippen LogP contribution in [0.2, 0.25) is 0 Å². The molecule has 1 aromatic heterocycles. The molecule has 2 heterocycles. The molecule has 0 spiro atoms. The van der Waals surface area contributed by atoms with Crippen LogP contribution in [0.25, 0.3) is 0 Å². The highest BCUT2D eigenvalue weighted by molar-refractivity contribution is 7.99. The van der Waals surface area contributed by atoms with Crippen LogP contribution in [0.4, 0.5) is 4.39 Å². The van der Waals surface area contributed by atoms with Gasteiger partial charge in [-0.25, -0.2) is 4.39 Å². The van der Waals surface area contributed by atoms with Crippen molar-refractivity contribution in [1.82, 2.24) is 15.1 Å². The molecule has 4 nitrogen and oxygen atoms in total. The molecule has 0 aliphatic carbocycles. The molecule has 2 unspecified atom stereocenters. The normalized spacial score (nSPS) is 18.9. The maximum atomic E-state index is 13.5. The summed E-state index contributed by atoms with van der Waals surface area (Å²) >= 11 is 1.70. The number of carbonyl (C=O) groups is 1. The number of nitrogens with zero attached hydrogens (tertiary/aromatic N) is 2. The monoisotopic (exact) mass is 305 g/mol. The number of fused-ring (bicyclic) bond motifs is 1. The molecule has 21 heavy (non-hydrogen) atoms. The Labute approximate surface area is 126 Å². The van der Waals surface area contributed by atoms with Gasteiger partial charge in [-0.15, -0.1) is 11.8 Å². The Morgan fingerprint density at radius 2 is 2.43 bits per heavy atom. The highest BCUT2D eigenvalue weighted by Gasteiger charge is 2.25. The van der Waals surface area contributed by atoms with Gasteiger partial charge in [0.25, 0.3) is 0 Å². The minimum atomic E-state index is -0.383. The summed E-state index contributed by atoms with van der Waals surface area (Å²) in [5, 5.41) is 7.09. The number of hydrogen-bond acceptors (Lipinski definition) is 3. The maximum absolute atomic E-state index is 13.5. The first-order chi connectivity index (χ1) is 10.1. The number of carbonyl (C=O) groups excluding carboxylic acids is 1. The zero-order valence-electron chi connectivity index (χ0n) is 11.6. The zero-order chi connectivity index (χ0) is 14.8. The van der Waals surface area contributed by atoms with Crippen molar-refractivity contribution in [3.05, 3.63) is 48.0 Å². The summed E-state index contributed by atoms with van der Waals surface area (Å²) in [7, 11) is 0. The quantitative estimate of drug-likeness (QED) is 0.948. The molecule has 110 valence electrons. The van der Waals surface area contributed by atoms with Crippen molar-refractivity contribution in [2.45, 2.75) is 30.3 Å². The van der Waals surface area contributed by atoms with Crippen LogP contribution < -0.4 is 5.32 Å². The van der Waals surface area contributed by atoms with E-state index in [1.807, 2.05) is 0 Å². The Bertz CT molecular complexity index is 644. The van der Waals surface area contributed by atoms with E-state index in [4.69, 9.17) is 0 Å². The summed E-state index contributed by atoms with van der Waals surface area (Å²) in [4.78, 5) is 13.4. The zero-order valence-corrected chi connectivity index (χ0v) is 12.4. The van der Waals surface area contributed by atoms with Gasteiger partial charge >= 0.3 is 0 Å². The average molecular weight is 305 g/mol. The number of halogens is 1. The first kappa shape index (κ1) is 14.1. The lowest BCUT2D eigenvalue weighted by Gasteiger charge is -2.27. The molecule has 1 aliphatic rings. The summed E-state index contributed by atoms with van der Waals surface area (Å²) in [6.45, 7) is 1.80. The van der Waals surface area contributed by atoms with Gasteiger partial charge in [0.2, 0.25) is 5.91 Å². The maximum Gasteiger partial charge on any atom is 0.245 e. The number of benzene rings is 1. The predicted molar refractivity (Wildman–Crippen MR) is 79.6 cm³/mol. The van der Waals surface area contributed by atoms with Gasteiger partial charge in [-0.05, 0) is 43.2 Å². The minimum absolute atomic E-state index is 0.106. The Kier molecular flexibility index (Phi) is 3.96. The average Bonchev–Trinajstić information content (AvgIpc) is 3.01. The number of rotatable bonds is 3. The Hall–Kier alpha value is -1.82. The largest absolute Gasteiger partial charge is 0.347 e. The Balaban J connectivity index is 1.77. The lowest BCUT2D eigenvalue weighted by molar-refractivity contribution is -0.125. The lowest BCUT2D eigenvalue weighted by atomic mass is 10.0. The number of aromatic nitrogens is 2. The van der Waals surface area contributed by atoms with E-state index in [2.05, 4.69) is 10.4 Å². The third kappa shape index (κ3) is 2.95. The summed E-state index contributed by atoms with van der Waals surface area (Å²) in [5.41, 5.74) is 0.868. The van der Waals surface area contributed by atoms with Crippen molar-refractivity contribution < 1.29 is 9.18 Å². The third-order valence-corrected chi connectivity index (χ3v) is 4.75. The Morgan fingerprint density at radius 1 is 1.57 bits per heavy atom. The highest BCUT2D eigenvalue weighted by atomic mass is 32.2. The number of thioether (sulfide) groups is 1. The fraction of sp³-hybridized carbons (Fsp3) is 0.333. The van der Waals surface area contributed by atoms with Gasteiger partial charge in [0.15, 0.2) is 0 Å². The first-order valence-corrected chi connectivity index (χ1v) is 7.85. The summed E-state index contributed by atoms with van der Waals surface area (Å²) in [5.74, 6) is 0.543. The topological polar surface area (TPSA) is 46.9 Å². The van der Waals surface area contributed by atoms with Gasteiger partial charge in [-0.3, -0.25) is 9.48 Å². The van der Waals surface area contributed by atoms with Crippen LogP contribution in [0.15, 0.2) is 41.6 Å². The molecule has 0 fully saturated rings. The molecule has 0 saturated heterocycles. The molecule has 1 N–H and O–H groups in total. The van der Waals surface area contributed by atoms with Gasteiger partial charge < -0.3 is 5.32 Å². The van der Waals surface area contributed by atoms with Gasteiger partial charge in [0.05, 0.1) is 6.04 Å². The fourth-order valence-corrected chi connectivity index (χ4v) is 3.54.